The molecule has 116 valence electrons. The van der Waals surface area contributed by atoms with Crippen LogP contribution in [0.5, 0.6) is 0 Å². The molecule has 1 heterocycles. The molecule has 22 heavy (non-hydrogen) atoms. The molecule has 0 unspecified atom stereocenters. The normalized spacial score (nSPS) is 11.9. The first-order valence-electron chi connectivity index (χ1n) is 6.39. The van der Waals surface area contributed by atoms with Gasteiger partial charge in [-0.1, -0.05) is 12.1 Å². The Balaban J connectivity index is 2.12. The average Bonchev–Trinajstić information content (AvgIpc) is 2.75. The zero-order valence-electron chi connectivity index (χ0n) is 11.7. The van der Waals surface area contributed by atoms with Crippen LogP contribution in [0.15, 0.2) is 24.3 Å². The van der Waals surface area contributed by atoms with Crippen LogP contribution >= 0.6 is 23.6 Å². The van der Waals surface area contributed by atoms with E-state index >= 15 is 0 Å². The number of aryl methyl sites for hydroxylation is 1. The van der Waals surface area contributed by atoms with Crippen molar-refractivity contribution in [3.05, 3.63) is 50.2 Å². The number of primary amides is 1. The van der Waals surface area contributed by atoms with Crippen molar-refractivity contribution in [1.82, 2.24) is 10.3 Å². The van der Waals surface area contributed by atoms with Crippen LogP contribution < -0.4 is 11.1 Å². The molecule has 0 saturated heterocycles. The van der Waals surface area contributed by atoms with Crippen LogP contribution in [0.4, 0.5) is 4.39 Å². The van der Waals surface area contributed by atoms with Gasteiger partial charge in [-0.15, -0.1) is 11.3 Å². The average molecular weight is 339 g/mol. The first-order valence-corrected chi connectivity index (χ1v) is 7.62. The summed E-state index contributed by atoms with van der Waals surface area (Å²) in [6, 6.07) is 4.24. The number of carbonyl (C=O) groups excluding carboxylic acids is 2. The number of aromatic nitrogens is 1. The molecule has 8 heteroatoms. The number of rotatable bonds is 5. The summed E-state index contributed by atoms with van der Waals surface area (Å²) >= 11 is 6.32. The summed E-state index contributed by atoms with van der Waals surface area (Å²) in [6.07, 6.45) is 0.0919. The van der Waals surface area contributed by atoms with Crippen LogP contribution in [0.25, 0.3) is 0 Å². The minimum Gasteiger partial charge on any atom is -0.368 e. The fourth-order valence-corrected chi connectivity index (χ4v) is 3.23. The summed E-state index contributed by atoms with van der Waals surface area (Å²) < 4.78 is 13.5. The lowest BCUT2D eigenvalue weighted by Gasteiger charge is -2.15. The van der Waals surface area contributed by atoms with Gasteiger partial charge in [0.15, 0.2) is 3.95 Å². The summed E-state index contributed by atoms with van der Waals surface area (Å²) in [5.74, 6) is -1.50. The molecule has 0 aliphatic heterocycles. The Kier molecular flexibility index (Phi) is 5.04. The number of benzene rings is 1. The smallest absolute Gasteiger partial charge is 0.244 e. The molecular formula is C14H14FN3O2S2. The van der Waals surface area contributed by atoms with E-state index in [0.717, 1.165) is 10.6 Å². The fraction of sp³-hybridized carbons (Fsp3) is 0.214. The Morgan fingerprint density at radius 3 is 2.55 bits per heavy atom. The highest BCUT2D eigenvalue weighted by atomic mass is 32.1. The second-order valence-electron chi connectivity index (χ2n) is 4.69. The molecule has 0 aliphatic carbocycles. The lowest BCUT2D eigenvalue weighted by molar-refractivity contribution is -0.127. The number of halogens is 1. The van der Waals surface area contributed by atoms with Crippen molar-refractivity contribution in [3.8, 4) is 0 Å². The number of hydrogen-bond donors (Lipinski definition) is 3. The Hall–Kier alpha value is -2.06. The molecule has 2 rings (SSSR count). The molecule has 0 bridgehead atoms. The standard InChI is InChI=1S/C14H14FN3O2S2/c1-7-10(22-14(21)17-7)6-11(19)18-12(13(16)20)8-2-4-9(15)5-3-8/h2-5,12H,6H2,1H3,(H2,16,20)(H,17,21)(H,18,19)/t12-/m1/s1. The molecule has 1 aromatic carbocycles. The molecular weight excluding hydrogens is 325 g/mol. The second kappa shape index (κ2) is 6.80. The van der Waals surface area contributed by atoms with Gasteiger partial charge in [0.2, 0.25) is 11.8 Å². The van der Waals surface area contributed by atoms with Gasteiger partial charge < -0.3 is 16.0 Å². The van der Waals surface area contributed by atoms with E-state index in [0.29, 0.717) is 9.52 Å². The molecule has 0 radical (unpaired) electrons. The van der Waals surface area contributed by atoms with Crippen molar-refractivity contribution in [3.63, 3.8) is 0 Å². The molecule has 1 atom stereocenters. The maximum atomic E-state index is 12.9. The van der Waals surface area contributed by atoms with Gasteiger partial charge in [-0.2, -0.15) is 0 Å². The molecule has 2 aromatic rings. The number of H-pyrrole nitrogens is 1. The van der Waals surface area contributed by atoms with Gasteiger partial charge in [-0.05, 0) is 36.8 Å². The number of amides is 2. The van der Waals surface area contributed by atoms with Gasteiger partial charge >= 0.3 is 0 Å². The van der Waals surface area contributed by atoms with Crippen molar-refractivity contribution in [1.29, 1.82) is 0 Å². The van der Waals surface area contributed by atoms with E-state index in [1.54, 1.807) is 0 Å². The van der Waals surface area contributed by atoms with E-state index in [2.05, 4.69) is 10.3 Å². The third kappa shape index (κ3) is 3.99. The topological polar surface area (TPSA) is 88.0 Å². The molecule has 2 amide bonds. The van der Waals surface area contributed by atoms with Crippen molar-refractivity contribution >= 4 is 35.4 Å². The summed E-state index contributed by atoms with van der Waals surface area (Å²) in [5, 5.41) is 2.56. The number of hydrogen-bond acceptors (Lipinski definition) is 4. The molecule has 0 aliphatic rings. The summed E-state index contributed by atoms with van der Waals surface area (Å²) in [7, 11) is 0. The van der Waals surface area contributed by atoms with E-state index in [9.17, 15) is 14.0 Å². The first kappa shape index (κ1) is 16.3. The van der Waals surface area contributed by atoms with Crippen LogP contribution in [-0.4, -0.2) is 16.8 Å². The van der Waals surface area contributed by atoms with Gasteiger partial charge in [-0.25, -0.2) is 4.39 Å². The summed E-state index contributed by atoms with van der Waals surface area (Å²) in [6.45, 7) is 1.82. The van der Waals surface area contributed by atoms with Gasteiger partial charge in [0.1, 0.15) is 11.9 Å². The summed E-state index contributed by atoms with van der Waals surface area (Å²) in [5.41, 5.74) is 6.57. The minimum atomic E-state index is -1.000. The Bertz CT molecular complexity index is 752. The molecule has 4 N–H and O–H groups in total. The monoisotopic (exact) mass is 339 g/mol. The number of nitrogens with one attached hydrogen (secondary N) is 2. The van der Waals surface area contributed by atoms with E-state index in [1.807, 2.05) is 6.92 Å². The summed E-state index contributed by atoms with van der Waals surface area (Å²) in [4.78, 5) is 27.4. The minimum absolute atomic E-state index is 0.0919. The van der Waals surface area contributed by atoms with Crippen molar-refractivity contribution < 1.29 is 14.0 Å². The zero-order chi connectivity index (χ0) is 16.3. The van der Waals surface area contributed by atoms with E-state index in [1.165, 1.54) is 35.6 Å². The largest absolute Gasteiger partial charge is 0.368 e. The van der Waals surface area contributed by atoms with Crippen LogP contribution in [0.2, 0.25) is 0 Å². The zero-order valence-corrected chi connectivity index (χ0v) is 13.3. The second-order valence-corrected chi connectivity index (χ2v) is 6.47. The van der Waals surface area contributed by atoms with E-state index in [4.69, 9.17) is 18.0 Å². The Labute approximate surface area is 135 Å². The Morgan fingerprint density at radius 1 is 1.41 bits per heavy atom. The maximum absolute atomic E-state index is 12.9. The van der Waals surface area contributed by atoms with Crippen molar-refractivity contribution in [2.75, 3.05) is 0 Å². The third-order valence-corrected chi connectivity index (χ3v) is 4.37. The van der Waals surface area contributed by atoms with Crippen LogP contribution in [0, 0.1) is 16.7 Å². The van der Waals surface area contributed by atoms with E-state index in [-0.39, 0.29) is 12.3 Å². The number of nitrogens with two attached hydrogens (primary N) is 1. The van der Waals surface area contributed by atoms with Gasteiger partial charge in [0.05, 0.1) is 6.42 Å². The third-order valence-electron chi connectivity index (χ3n) is 3.04. The predicted octanol–water partition coefficient (Wildman–Crippen LogP) is 2.14. The van der Waals surface area contributed by atoms with E-state index < -0.39 is 17.8 Å². The lowest BCUT2D eigenvalue weighted by atomic mass is 10.1. The Morgan fingerprint density at radius 2 is 2.05 bits per heavy atom. The first-order chi connectivity index (χ1) is 10.4. The van der Waals surface area contributed by atoms with Crippen molar-refractivity contribution in [2.45, 2.75) is 19.4 Å². The van der Waals surface area contributed by atoms with Gasteiger partial charge in [-0.3, -0.25) is 9.59 Å². The van der Waals surface area contributed by atoms with Crippen LogP contribution in [-0.2, 0) is 16.0 Å². The maximum Gasteiger partial charge on any atom is 0.244 e. The van der Waals surface area contributed by atoms with Gasteiger partial charge in [0, 0.05) is 10.6 Å². The highest BCUT2D eigenvalue weighted by Gasteiger charge is 2.21. The van der Waals surface area contributed by atoms with Crippen molar-refractivity contribution in [2.24, 2.45) is 5.73 Å². The number of aromatic amines is 1. The van der Waals surface area contributed by atoms with Crippen LogP contribution in [0.1, 0.15) is 22.2 Å². The predicted molar refractivity (Wildman–Crippen MR) is 84.4 cm³/mol. The van der Waals surface area contributed by atoms with Crippen LogP contribution in [0.3, 0.4) is 0 Å². The molecule has 0 spiro atoms. The number of carbonyl (C=O) groups is 2. The van der Waals surface area contributed by atoms with Gasteiger partial charge in [0.25, 0.3) is 0 Å². The molecule has 5 nitrogen and oxygen atoms in total. The quantitative estimate of drug-likeness (QED) is 0.729. The molecule has 1 aromatic heterocycles. The fourth-order valence-electron chi connectivity index (χ4n) is 1.94. The molecule has 0 saturated carbocycles. The molecule has 0 fully saturated rings. The number of thiazole rings is 1. The SMILES string of the molecule is Cc1[nH]c(=S)sc1CC(=O)N[C@@H](C(N)=O)c1ccc(F)cc1. The highest BCUT2D eigenvalue weighted by Crippen LogP contribution is 2.17. The highest BCUT2D eigenvalue weighted by molar-refractivity contribution is 7.73. The lowest BCUT2D eigenvalue weighted by Crippen LogP contribution is -2.38.